The van der Waals surface area contributed by atoms with E-state index in [4.69, 9.17) is 9.84 Å². The second kappa shape index (κ2) is 7.61. The second-order valence-electron chi connectivity index (χ2n) is 5.26. The maximum atomic E-state index is 12.5. The highest BCUT2D eigenvalue weighted by molar-refractivity contribution is 5.92. The van der Waals surface area contributed by atoms with E-state index in [-0.39, 0.29) is 36.7 Å². The first kappa shape index (κ1) is 16.9. The Morgan fingerprint density at radius 1 is 1.29 bits per heavy atom. The lowest BCUT2D eigenvalue weighted by atomic mass is 10.2. The topological polar surface area (TPSA) is 79.7 Å². The van der Waals surface area contributed by atoms with Crippen LogP contribution in [0.2, 0.25) is 0 Å². The third-order valence-corrected chi connectivity index (χ3v) is 2.75. The van der Waals surface area contributed by atoms with E-state index in [9.17, 15) is 9.59 Å². The van der Waals surface area contributed by atoms with Crippen molar-refractivity contribution in [2.45, 2.75) is 46.3 Å². The number of rotatable bonds is 7. The molecule has 0 aromatic carbocycles. The first-order valence-electron chi connectivity index (χ1n) is 6.97. The van der Waals surface area contributed by atoms with Gasteiger partial charge in [0.15, 0.2) is 0 Å². The molecule has 0 fully saturated rings. The Labute approximate surface area is 124 Å². The fourth-order valence-corrected chi connectivity index (χ4v) is 1.80. The minimum absolute atomic E-state index is 0.0314. The Morgan fingerprint density at radius 2 is 1.95 bits per heavy atom. The molecule has 1 rings (SSSR count). The number of pyridine rings is 1. The molecule has 1 heterocycles. The Morgan fingerprint density at radius 3 is 2.48 bits per heavy atom. The molecule has 0 saturated heterocycles. The summed E-state index contributed by atoms with van der Waals surface area (Å²) in [6.45, 7) is 7.60. The molecular formula is C15H22N2O4. The average Bonchev–Trinajstić information content (AvgIpc) is 2.37. The SMILES string of the molecule is CC(C)Oc1cccc(C(=O)N(CCC(=O)O)C(C)C)n1. The van der Waals surface area contributed by atoms with Gasteiger partial charge in [-0.1, -0.05) is 6.07 Å². The first-order chi connectivity index (χ1) is 9.81. The molecule has 1 amide bonds. The van der Waals surface area contributed by atoms with Crippen LogP contribution >= 0.6 is 0 Å². The lowest BCUT2D eigenvalue weighted by Gasteiger charge is -2.26. The zero-order valence-electron chi connectivity index (χ0n) is 12.9. The molecule has 21 heavy (non-hydrogen) atoms. The van der Waals surface area contributed by atoms with Crippen molar-refractivity contribution in [3.8, 4) is 5.88 Å². The molecule has 0 aliphatic heterocycles. The average molecular weight is 294 g/mol. The number of nitrogens with zero attached hydrogens (tertiary/aromatic N) is 2. The number of aliphatic carboxylic acids is 1. The highest BCUT2D eigenvalue weighted by Gasteiger charge is 2.21. The Bertz CT molecular complexity index is 500. The van der Waals surface area contributed by atoms with Crippen LogP contribution in [-0.2, 0) is 4.79 Å². The molecule has 0 spiro atoms. The van der Waals surface area contributed by atoms with Gasteiger partial charge in [0, 0.05) is 18.7 Å². The number of ether oxygens (including phenoxy) is 1. The van der Waals surface area contributed by atoms with Crippen molar-refractivity contribution >= 4 is 11.9 Å². The van der Waals surface area contributed by atoms with Crippen LogP contribution in [0.5, 0.6) is 5.88 Å². The highest BCUT2D eigenvalue weighted by Crippen LogP contribution is 2.13. The van der Waals surface area contributed by atoms with Gasteiger partial charge in [0.1, 0.15) is 5.69 Å². The van der Waals surface area contributed by atoms with E-state index in [2.05, 4.69) is 4.98 Å². The molecule has 1 N–H and O–H groups in total. The van der Waals surface area contributed by atoms with Gasteiger partial charge in [-0.2, -0.15) is 0 Å². The van der Waals surface area contributed by atoms with Crippen LogP contribution in [-0.4, -0.2) is 45.6 Å². The summed E-state index contributed by atoms with van der Waals surface area (Å²) in [5.74, 6) is -0.837. The predicted octanol–water partition coefficient (Wildman–Crippen LogP) is 2.19. The molecule has 6 nitrogen and oxygen atoms in total. The predicted molar refractivity (Wildman–Crippen MR) is 78.4 cm³/mol. The summed E-state index contributed by atoms with van der Waals surface area (Å²) < 4.78 is 5.47. The quantitative estimate of drug-likeness (QED) is 0.834. The number of amides is 1. The summed E-state index contributed by atoms with van der Waals surface area (Å²) in [5, 5.41) is 8.77. The number of carbonyl (C=O) groups is 2. The van der Waals surface area contributed by atoms with Crippen LogP contribution in [0.25, 0.3) is 0 Å². The van der Waals surface area contributed by atoms with E-state index in [1.807, 2.05) is 27.7 Å². The van der Waals surface area contributed by atoms with Crippen LogP contribution in [0.4, 0.5) is 0 Å². The Kier molecular flexibility index (Phi) is 6.14. The molecule has 0 saturated carbocycles. The Balaban J connectivity index is 2.90. The maximum Gasteiger partial charge on any atom is 0.305 e. The molecule has 0 unspecified atom stereocenters. The van der Waals surface area contributed by atoms with Crippen molar-refractivity contribution in [1.82, 2.24) is 9.88 Å². The zero-order valence-corrected chi connectivity index (χ0v) is 12.9. The summed E-state index contributed by atoms with van der Waals surface area (Å²) in [6.07, 6.45) is -0.123. The van der Waals surface area contributed by atoms with E-state index in [0.717, 1.165) is 0 Å². The molecule has 0 radical (unpaired) electrons. The van der Waals surface area contributed by atoms with Crippen molar-refractivity contribution in [2.24, 2.45) is 0 Å². The molecule has 0 aliphatic carbocycles. The van der Waals surface area contributed by atoms with Gasteiger partial charge < -0.3 is 14.7 Å². The zero-order chi connectivity index (χ0) is 16.0. The van der Waals surface area contributed by atoms with Gasteiger partial charge in [0.05, 0.1) is 12.5 Å². The van der Waals surface area contributed by atoms with Crippen LogP contribution in [0.1, 0.15) is 44.6 Å². The molecule has 0 atom stereocenters. The minimum Gasteiger partial charge on any atom is -0.481 e. The van der Waals surface area contributed by atoms with Crippen LogP contribution < -0.4 is 4.74 Å². The number of aromatic nitrogens is 1. The number of hydrogen-bond donors (Lipinski definition) is 1. The van der Waals surface area contributed by atoms with Gasteiger partial charge in [-0.05, 0) is 33.8 Å². The molecule has 0 aliphatic rings. The minimum atomic E-state index is -0.932. The summed E-state index contributed by atoms with van der Waals surface area (Å²) in [6, 6.07) is 4.89. The number of carboxylic acid groups (broad SMARTS) is 1. The van der Waals surface area contributed by atoms with Crippen LogP contribution in [0, 0.1) is 0 Å². The van der Waals surface area contributed by atoms with E-state index >= 15 is 0 Å². The van der Waals surface area contributed by atoms with Gasteiger partial charge in [-0.25, -0.2) is 4.98 Å². The van der Waals surface area contributed by atoms with Gasteiger partial charge >= 0.3 is 5.97 Å². The first-order valence-corrected chi connectivity index (χ1v) is 6.97. The lowest BCUT2D eigenvalue weighted by molar-refractivity contribution is -0.137. The van der Waals surface area contributed by atoms with Gasteiger partial charge in [-0.3, -0.25) is 9.59 Å². The molecule has 1 aromatic heterocycles. The lowest BCUT2D eigenvalue weighted by Crippen LogP contribution is -2.39. The third kappa shape index (κ3) is 5.41. The summed E-state index contributed by atoms with van der Waals surface area (Å²) in [5.41, 5.74) is 0.257. The van der Waals surface area contributed by atoms with Crippen molar-refractivity contribution < 1.29 is 19.4 Å². The third-order valence-electron chi connectivity index (χ3n) is 2.75. The van der Waals surface area contributed by atoms with E-state index in [1.165, 1.54) is 4.90 Å². The second-order valence-corrected chi connectivity index (χ2v) is 5.26. The summed E-state index contributed by atoms with van der Waals surface area (Å²) in [4.78, 5) is 28.8. The van der Waals surface area contributed by atoms with E-state index < -0.39 is 5.97 Å². The summed E-state index contributed by atoms with van der Waals surface area (Å²) >= 11 is 0. The highest BCUT2D eigenvalue weighted by atomic mass is 16.5. The van der Waals surface area contributed by atoms with Crippen molar-refractivity contribution in [3.63, 3.8) is 0 Å². The fourth-order valence-electron chi connectivity index (χ4n) is 1.80. The monoisotopic (exact) mass is 294 g/mol. The molecule has 1 aromatic rings. The van der Waals surface area contributed by atoms with Crippen molar-refractivity contribution in [3.05, 3.63) is 23.9 Å². The van der Waals surface area contributed by atoms with Gasteiger partial charge in [-0.15, -0.1) is 0 Å². The molecular weight excluding hydrogens is 272 g/mol. The maximum absolute atomic E-state index is 12.5. The number of carbonyl (C=O) groups excluding carboxylic acids is 1. The van der Waals surface area contributed by atoms with Gasteiger partial charge in [0.25, 0.3) is 5.91 Å². The normalized spacial score (nSPS) is 10.8. The largest absolute Gasteiger partial charge is 0.481 e. The standard InChI is InChI=1S/C15H22N2O4/c1-10(2)17(9-8-14(18)19)15(20)12-6-5-7-13(16-12)21-11(3)4/h5-7,10-11H,8-9H2,1-4H3,(H,18,19). The number of carboxylic acids is 1. The van der Waals surface area contributed by atoms with E-state index in [1.54, 1.807) is 18.2 Å². The van der Waals surface area contributed by atoms with Crippen LogP contribution in [0.3, 0.4) is 0 Å². The Hall–Kier alpha value is -2.11. The van der Waals surface area contributed by atoms with Crippen molar-refractivity contribution in [2.75, 3.05) is 6.54 Å². The summed E-state index contributed by atoms with van der Waals surface area (Å²) in [7, 11) is 0. The molecule has 6 heteroatoms. The number of hydrogen-bond acceptors (Lipinski definition) is 4. The fraction of sp³-hybridized carbons (Fsp3) is 0.533. The molecule has 116 valence electrons. The molecule has 0 bridgehead atoms. The smallest absolute Gasteiger partial charge is 0.305 e. The van der Waals surface area contributed by atoms with Crippen LogP contribution in [0.15, 0.2) is 18.2 Å². The van der Waals surface area contributed by atoms with Crippen molar-refractivity contribution in [1.29, 1.82) is 0 Å². The van der Waals surface area contributed by atoms with E-state index in [0.29, 0.717) is 5.88 Å². The van der Waals surface area contributed by atoms with Gasteiger partial charge in [0.2, 0.25) is 5.88 Å².